The molecule has 2 rings (SSSR count). The number of nitrogens with zero attached hydrogens (tertiary/aromatic N) is 2. The summed E-state index contributed by atoms with van der Waals surface area (Å²) in [5.41, 5.74) is 1.02. The maximum Gasteiger partial charge on any atom is 0.235 e. The summed E-state index contributed by atoms with van der Waals surface area (Å²) in [6.07, 6.45) is 2.90. The average Bonchev–Trinajstić information content (AvgIpc) is 2.61. The van der Waals surface area contributed by atoms with E-state index in [2.05, 4.69) is 24.9 Å². The normalized spacial score (nSPS) is 12.2. The highest BCUT2D eigenvalue weighted by Crippen LogP contribution is 2.38. The Labute approximate surface area is 143 Å². The van der Waals surface area contributed by atoms with Gasteiger partial charge >= 0.3 is 0 Å². The number of aliphatic imine (C=N–C) groups is 1. The molecule has 0 bridgehead atoms. The lowest BCUT2D eigenvalue weighted by Crippen LogP contribution is -2.31. The summed E-state index contributed by atoms with van der Waals surface area (Å²) in [7, 11) is 0. The second-order valence-corrected chi connectivity index (χ2v) is 6.46. The van der Waals surface area contributed by atoms with Gasteiger partial charge in [-0.15, -0.1) is 0 Å². The molecule has 0 amide bonds. The van der Waals surface area contributed by atoms with E-state index < -0.39 is 5.41 Å². The Morgan fingerprint density at radius 1 is 1.00 bits per heavy atom. The van der Waals surface area contributed by atoms with Crippen LogP contribution in [0.3, 0.4) is 0 Å². The van der Waals surface area contributed by atoms with E-state index in [-0.39, 0.29) is 6.04 Å². The highest BCUT2D eigenvalue weighted by Gasteiger charge is 2.37. The van der Waals surface area contributed by atoms with E-state index in [0.717, 1.165) is 17.5 Å². The smallest absolute Gasteiger partial charge is 0.211 e. The van der Waals surface area contributed by atoms with Crippen LogP contribution in [0.1, 0.15) is 37.8 Å². The summed E-state index contributed by atoms with van der Waals surface area (Å²) in [5, 5.41) is 10.1. The molecule has 0 fully saturated rings. The third-order valence-electron chi connectivity index (χ3n) is 4.24. The van der Waals surface area contributed by atoms with Crippen molar-refractivity contribution >= 4 is 6.08 Å². The molecule has 2 aromatic rings. The van der Waals surface area contributed by atoms with Crippen LogP contribution in [0.4, 0.5) is 0 Å². The molecule has 0 spiro atoms. The van der Waals surface area contributed by atoms with Crippen LogP contribution in [0, 0.1) is 17.2 Å². The molecule has 1 unspecified atom stereocenters. The van der Waals surface area contributed by atoms with E-state index in [9.17, 15) is 10.1 Å². The largest absolute Gasteiger partial charge is 0.235 e. The topological polar surface area (TPSA) is 53.2 Å². The zero-order chi connectivity index (χ0) is 17.4. The second-order valence-electron chi connectivity index (χ2n) is 6.46. The lowest BCUT2D eigenvalue weighted by Gasteiger charge is -2.30. The van der Waals surface area contributed by atoms with E-state index in [1.165, 1.54) is 0 Å². The number of carbonyl (C=O) groups excluding carboxylic acids is 1. The van der Waals surface area contributed by atoms with Crippen molar-refractivity contribution in [2.24, 2.45) is 10.9 Å². The molecule has 0 aliphatic carbocycles. The molecule has 1 atom stereocenters. The Kier molecular flexibility index (Phi) is 6.07. The SMILES string of the molecule is CC(C)CC(CC(C#N)(c1ccccc1)c1ccccc1)N=C=O. The van der Waals surface area contributed by atoms with Gasteiger partial charge < -0.3 is 0 Å². The van der Waals surface area contributed by atoms with Crippen LogP contribution in [0.15, 0.2) is 65.7 Å². The molecule has 0 aliphatic rings. The lowest BCUT2D eigenvalue weighted by atomic mass is 9.71. The van der Waals surface area contributed by atoms with Gasteiger partial charge in [0.15, 0.2) is 0 Å². The van der Waals surface area contributed by atoms with Crippen LogP contribution in [0.25, 0.3) is 0 Å². The van der Waals surface area contributed by atoms with Crippen molar-refractivity contribution in [1.29, 1.82) is 5.26 Å². The van der Waals surface area contributed by atoms with Crippen molar-refractivity contribution in [2.75, 3.05) is 0 Å². The van der Waals surface area contributed by atoms with Gasteiger partial charge in [-0.2, -0.15) is 5.26 Å². The molecule has 0 saturated carbocycles. The number of rotatable bonds is 7. The maximum absolute atomic E-state index is 10.9. The molecular formula is C21H22N2O. The molecule has 122 valence electrons. The summed E-state index contributed by atoms with van der Waals surface area (Å²) in [4.78, 5) is 14.9. The first kappa shape index (κ1) is 17.7. The summed E-state index contributed by atoms with van der Waals surface area (Å²) in [6.45, 7) is 4.18. The molecule has 3 nitrogen and oxygen atoms in total. The van der Waals surface area contributed by atoms with E-state index >= 15 is 0 Å². The van der Waals surface area contributed by atoms with E-state index in [4.69, 9.17) is 0 Å². The Morgan fingerprint density at radius 2 is 1.50 bits per heavy atom. The minimum atomic E-state index is -0.831. The lowest BCUT2D eigenvalue weighted by molar-refractivity contribution is 0.424. The van der Waals surface area contributed by atoms with Crippen molar-refractivity contribution in [2.45, 2.75) is 38.1 Å². The van der Waals surface area contributed by atoms with Crippen molar-refractivity contribution in [1.82, 2.24) is 0 Å². The summed E-state index contributed by atoms with van der Waals surface area (Å²) < 4.78 is 0. The highest BCUT2D eigenvalue weighted by atomic mass is 16.1. The first-order valence-electron chi connectivity index (χ1n) is 8.21. The average molecular weight is 318 g/mol. The maximum atomic E-state index is 10.9. The Hall–Kier alpha value is -2.69. The molecular weight excluding hydrogens is 296 g/mol. The third-order valence-corrected chi connectivity index (χ3v) is 4.24. The molecule has 0 heterocycles. The molecule has 0 radical (unpaired) electrons. The fourth-order valence-corrected chi connectivity index (χ4v) is 3.18. The number of hydrogen-bond acceptors (Lipinski definition) is 3. The van der Waals surface area contributed by atoms with Gasteiger partial charge in [0.25, 0.3) is 0 Å². The van der Waals surface area contributed by atoms with Gasteiger partial charge in [0, 0.05) is 0 Å². The van der Waals surface area contributed by atoms with E-state index in [1.54, 1.807) is 6.08 Å². The first-order chi connectivity index (χ1) is 11.6. The van der Waals surface area contributed by atoms with Gasteiger partial charge in [0.05, 0.1) is 12.1 Å². The number of isocyanates is 1. The summed E-state index contributed by atoms with van der Waals surface area (Å²) >= 11 is 0. The molecule has 3 heteroatoms. The minimum Gasteiger partial charge on any atom is -0.211 e. The summed E-state index contributed by atoms with van der Waals surface area (Å²) in [6, 6.07) is 21.8. The fraction of sp³-hybridized carbons (Fsp3) is 0.333. The Balaban J connectivity index is 2.54. The quantitative estimate of drug-likeness (QED) is 0.552. The predicted molar refractivity (Wildman–Crippen MR) is 95.3 cm³/mol. The first-order valence-corrected chi connectivity index (χ1v) is 8.21. The molecule has 2 aromatic carbocycles. The van der Waals surface area contributed by atoms with Crippen LogP contribution in [-0.2, 0) is 10.2 Å². The van der Waals surface area contributed by atoms with Crippen molar-refractivity contribution in [3.8, 4) is 6.07 Å². The molecule has 0 aliphatic heterocycles. The van der Waals surface area contributed by atoms with Gasteiger partial charge in [0.1, 0.15) is 5.41 Å². The molecule has 0 aromatic heterocycles. The van der Waals surface area contributed by atoms with Crippen molar-refractivity contribution in [3.63, 3.8) is 0 Å². The zero-order valence-corrected chi connectivity index (χ0v) is 14.1. The molecule has 0 N–H and O–H groups in total. The number of benzene rings is 2. The Morgan fingerprint density at radius 3 is 1.88 bits per heavy atom. The van der Waals surface area contributed by atoms with Gasteiger partial charge in [-0.05, 0) is 29.9 Å². The van der Waals surface area contributed by atoms with E-state index in [1.807, 2.05) is 60.7 Å². The summed E-state index contributed by atoms with van der Waals surface area (Å²) in [5.74, 6) is 0.384. The van der Waals surface area contributed by atoms with Crippen LogP contribution in [0.2, 0.25) is 0 Å². The van der Waals surface area contributed by atoms with Crippen LogP contribution in [-0.4, -0.2) is 12.1 Å². The third kappa shape index (κ3) is 3.98. The minimum absolute atomic E-state index is 0.234. The highest BCUT2D eigenvalue weighted by molar-refractivity contribution is 5.46. The van der Waals surface area contributed by atoms with Crippen LogP contribution in [0.5, 0.6) is 0 Å². The fourth-order valence-electron chi connectivity index (χ4n) is 3.18. The van der Waals surface area contributed by atoms with E-state index in [0.29, 0.717) is 12.3 Å². The predicted octanol–water partition coefficient (Wildman–Crippen LogP) is 4.64. The standard InChI is InChI=1S/C21H22N2O/c1-17(2)13-20(23-16-24)14-21(15-22,18-9-5-3-6-10-18)19-11-7-4-8-12-19/h3-12,17,20H,13-14H2,1-2H3. The monoisotopic (exact) mass is 318 g/mol. The number of hydrogen-bond donors (Lipinski definition) is 0. The second kappa shape index (κ2) is 8.24. The van der Waals surface area contributed by atoms with Crippen molar-refractivity contribution < 1.29 is 4.79 Å². The number of nitriles is 1. The van der Waals surface area contributed by atoms with Gasteiger partial charge in [-0.1, -0.05) is 74.5 Å². The van der Waals surface area contributed by atoms with Crippen molar-refractivity contribution in [3.05, 3.63) is 71.8 Å². The van der Waals surface area contributed by atoms with Crippen LogP contribution >= 0.6 is 0 Å². The molecule has 24 heavy (non-hydrogen) atoms. The zero-order valence-electron chi connectivity index (χ0n) is 14.1. The van der Waals surface area contributed by atoms with Gasteiger partial charge in [-0.3, -0.25) is 0 Å². The van der Waals surface area contributed by atoms with Crippen LogP contribution < -0.4 is 0 Å². The van der Waals surface area contributed by atoms with Gasteiger partial charge in [0.2, 0.25) is 6.08 Å². The Bertz CT molecular complexity index is 686. The molecule has 0 saturated heterocycles. The van der Waals surface area contributed by atoms with Gasteiger partial charge in [-0.25, -0.2) is 9.79 Å².